The van der Waals surface area contributed by atoms with Crippen LogP contribution >= 0.6 is 0 Å². The summed E-state index contributed by atoms with van der Waals surface area (Å²) in [5.74, 6) is 0.407. The Morgan fingerprint density at radius 2 is 1.48 bits per heavy atom. The number of nitrogens with zero attached hydrogens (tertiary/aromatic N) is 2. The lowest BCUT2D eigenvalue weighted by Crippen LogP contribution is -2.49. The van der Waals surface area contributed by atoms with E-state index in [-0.39, 0.29) is 16.2 Å². The summed E-state index contributed by atoms with van der Waals surface area (Å²) in [4.78, 5) is 18.7. The number of fused-ring (bicyclic) bond motifs is 1. The molecular weight excluding hydrogens is 619 g/mol. The van der Waals surface area contributed by atoms with E-state index < -0.39 is 16.2 Å². The molecule has 0 fully saturated rings. The minimum Gasteiger partial charge on any atom is -0.494 e. The number of aryl methyl sites for hydroxylation is 1. The predicted octanol–water partition coefficient (Wildman–Crippen LogP) is 8.86. The number of hydrogen-bond acceptors (Lipinski definition) is 5. The molecule has 1 aliphatic heterocycles. The zero-order valence-corrected chi connectivity index (χ0v) is 28.8. The Labute approximate surface area is 283 Å². The normalized spacial score (nSPS) is 14.9. The van der Waals surface area contributed by atoms with Gasteiger partial charge >= 0.3 is 0 Å². The lowest BCUT2D eigenvalue weighted by molar-refractivity contribution is 0.0968. The number of hydrogen-bond donors (Lipinski definition) is 1. The number of benzene rings is 5. The summed E-state index contributed by atoms with van der Waals surface area (Å²) >= 11 is 0. The van der Waals surface area contributed by atoms with Gasteiger partial charge in [-0.1, -0.05) is 93.1 Å². The average molecular weight is 660 g/mol. The summed E-state index contributed by atoms with van der Waals surface area (Å²) in [5.41, 5.74) is 6.23. The molecule has 0 aliphatic carbocycles. The minimum absolute atomic E-state index is 0.00876. The highest BCUT2D eigenvalue weighted by Gasteiger charge is 2.40. The quantitative estimate of drug-likeness (QED) is 0.171. The maximum absolute atomic E-state index is 14.8. The van der Waals surface area contributed by atoms with E-state index in [1.807, 2.05) is 68.4 Å². The second-order valence-electron chi connectivity index (χ2n) is 13.1. The summed E-state index contributed by atoms with van der Waals surface area (Å²) in [6, 6.07) is 37.9. The summed E-state index contributed by atoms with van der Waals surface area (Å²) in [7, 11) is -3.99. The molecule has 1 atom stereocenters. The van der Waals surface area contributed by atoms with Gasteiger partial charge < -0.3 is 9.64 Å². The monoisotopic (exact) mass is 659 g/mol. The molecule has 0 aromatic heterocycles. The van der Waals surface area contributed by atoms with Crippen LogP contribution in [0.2, 0.25) is 0 Å². The molecule has 0 unspecified atom stereocenters. The van der Waals surface area contributed by atoms with Crippen molar-refractivity contribution in [1.29, 1.82) is 0 Å². The summed E-state index contributed by atoms with van der Waals surface area (Å²) in [6.07, 6.45) is -0.523. The second kappa shape index (κ2) is 13.2. The number of nitrogens with one attached hydrogen (secondary N) is 1. The van der Waals surface area contributed by atoms with Gasteiger partial charge in [0.25, 0.3) is 15.9 Å². The van der Waals surface area contributed by atoms with Gasteiger partial charge in [0.05, 0.1) is 22.8 Å². The van der Waals surface area contributed by atoms with Crippen LogP contribution in [0.5, 0.6) is 5.75 Å². The first-order valence-corrected chi connectivity index (χ1v) is 17.6. The first-order chi connectivity index (χ1) is 22.9. The summed E-state index contributed by atoms with van der Waals surface area (Å²) in [6.45, 7) is 11.4. The number of sulfonamides is 1. The van der Waals surface area contributed by atoms with Crippen molar-refractivity contribution in [3.63, 3.8) is 0 Å². The van der Waals surface area contributed by atoms with E-state index >= 15 is 0 Å². The van der Waals surface area contributed by atoms with Crippen LogP contribution in [-0.4, -0.2) is 20.9 Å². The van der Waals surface area contributed by atoms with E-state index in [4.69, 9.17) is 4.74 Å². The van der Waals surface area contributed by atoms with Gasteiger partial charge in [0, 0.05) is 17.9 Å². The molecule has 5 aromatic rings. The molecule has 1 heterocycles. The third-order valence-electron chi connectivity index (χ3n) is 8.58. The third-order valence-corrected chi connectivity index (χ3v) is 9.96. The average Bonchev–Trinajstić information content (AvgIpc) is 3.07. The van der Waals surface area contributed by atoms with Crippen molar-refractivity contribution in [2.75, 3.05) is 21.1 Å². The van der Waals surface area contributed by atoms with Gasteiger partial charge in [0.15, 0.2) is 0 Å². The smallest absolute Gasteiger partial charge is 0.262 e. The van der Waals surface area contributed by atoms with Gasteiger partial charge in [0.1, 0.15) is 11.9 Å². The summed E-state index contributed by atoms with van der Waals surface area (Å²) in [5, 5.41) is 0. The fraction of sp³-hybridized carbons (Fsp3) is 0.225. The highest BCUT2D eigenvalue weighted by atomic mass is 32.2. The van der Waals surface area contributed by atoms with Crippen molar-refractivity contribution in [3.05, 3.63) is 149 Å². The second-order valence-corrected chi connectivity index (χ2v) is 14.8. The maximum atomic E-state index is 14.8. The molecule has 0 saturated carbocycles. The largest absolute Gasteiger partial charge is 0.494 e. The van der Waals surface area contributed by atoms with Gasteiger partial charge in [-0.2, -0.15) is 0 Å². The van der Waals surface area contributed by atoms with Crippen LogP contribution in [0.25, 0.3) is 0 Å². The molecule has 1 N–H and O–H groups in total. The first-order valence-electron chi connectivity index (χ1n) is 16.2. The molecule has 0 saturated heterocycles. The van der Waals surface area contributed by atoms with Crippen molar-refractivity contribution >= 4 is 33.0 Å². The van der Waals surface area contributed by atoms with E-state index in [1.54, 1.807) is 29.2 Å². The van der Waals surface area contributed by atoms with Gasteiger partial charge in [-0.3, -0.25) is 14.4 Å². The van der Waals surface area contributed by atoms with Gasteiger partial charge in [-0.15, -0.1) is 0 Å². The van der Waals surface area contributed by atoms with Crippen LogP contribution in [0.1, 0.15) is 66.5 Å². The Kier molecular flexibility index (Phi) is 9.03. The molecule has 5 aromatic carbocycles. The van der Waals surface area contributed by atoms with Crippen LogP contribution in [-0.2, 0) is 22.0 Å². The van der Waals surface area contributed by atoms with Crippen LogP contribution in [0.4, 0.5) is 17.1 Å². The molecule has 0 spiro atoms. The zero-order chi connectivity index (χ0) is 34.1. The molecule has 0 radical (unpaired) electrons. The number of anilines is 3. The highest BCUT2D eigenvalue weighted by Crippen LogP contribution is 2.44. The van der Waals surface area contributed by atoms with Crippen molar-refractivity contribution in [2.24, 2.45) is 0 Å². The van der Waals surface area contributed by atoms with Crippen molar-refractivity contribution in [3.8, 4) is 5.75 Å². The van der Waals surface area contributed by atoms with E-state index in [2.05, 4.69) is 66.8 Å². The number of rotatable bonds is 9. The van der Waals surface area contributed by atoms with Crippen LogP contribution in [0.15, 0.2) is 126 Å². The lowest BCUT2D eigenvalue weighted by Gasteiger charge is -2.46. The van der Waals surface area contributed by atoms with E-state index in [0.29, 0.717) is 41.5 Å². The fourth-order valence-corrected chi connectivity index (χ4v) is 7.10. The van der Waals surface area contributed by atoms with Crippen molar-refractivity contribution in [2.45, 2.75) is 57.6 Å². The number of amides is 1. The Morgan fingerprint density at radius 3 is 2.10 bits per heavy atom. The highest BCUT2D eigenvalue weighted by molar-refractivity contribution is 7.92. The topological polar surface area (TPSA) is 78.9 Å². The van der Waals surface area contributed by atoms with Gasteiger partial charge in [-0.25, -0.2) is 8.42 Å². The summed E-state index contributed by atoms with van der Waals surface area (Å²) < 4.78 is 35.7. The number of carbonyl (C=O) groups is 1. The third kappa shape index (κ3) is 6.80. The molecule has 1 aliphatic rings. The van der Waals surface area contributed by atoms with Crippen LogP contribution < -0.4 is 19.3 Å². The lowest BCUT2D eigenvalue weighted by atomic mass is 9.86. The maximum Gasteiger partial charge on any atom is 0.262 e. The van der Waals surface area contributed by atoms with E-state index in [9.17, 15) is 13.2 Å². The van der Waals surface area contributed by atoms with Crippen LogP contribution in [0, 0.1) is 6.92 Å². The van der Waals surface area contributed by atoms with E-state index in [0.717, 1.165) is 16.7 Å². The standard InChI is InChI=1S/C40H41N3O4S/c1-6-47-34-22-20-33(21-23-34)43-38(30-14-16-31(17-15-30)40(3,4)5)42(27-29-10-8-7-9-11-29)37-25-24-35(26-36(37)39(43)44)48(45,46)41-32-18-12-28(2)13-19-32/h7-26,38,41H,6,27H2,1-5H3/t38-/m0/s1. The molecule has 1 amide bonds. The minimum atomic E-state index is -3.99. The Hall–Kier alpha value is -5.08. The molecule has 48 heavy (non-hydrogen) atoms. The molecule has 0 bridgehead atoms. The SMILES string of the molecule is CCOc1ccc(N2C(=O)c3cc(S(=O)(=O)Nc4ccc(C)cc4)ccc3N(Cc3ccccc3)[C@@H]2c2ccc(C(C)(C)C)cc2)cc1. The molecule has 6 rings (SSSR count). The molecular formula is C40H41N3O4S. The van der Waals surface area contributed by atoms with Crippen LogP contribution in [0.3, 0.4) is 0 Å². The van der Waals surface area contributed by atoms with Crippen molar-refractivity contribution < 1.29 is 17.9 Å². The Bertz CT molecular complexity index is 2000. The predicted molar refractivity (Wildman–Crippen MR) is 193 cm³/mol. The van der Waals surface area contributed by atoms with Crippen molar-refractivity contribution in [1.82, 2.24) is 0 Å². The first kappa shape index (κ1) is 32.8. The molecule has 246 valence electrons. The Balaban J connectivity index is 1.52. The number of carbonyl (C=O) groups excluding carboxylic acids is 1. The molecule has 7 nitrogen and oxygen atoms in total. The zero-order valence-electron chi connectivity index (χ0n) is 28.0. The fourth-order valence-electron chi connectivity index (χ4n) is 6.02. The number of ether oxygens (including phenoxy) is 1. The Morgan fingerprint density at radius 1 is 0.812 bits per heavy atom. The van der Waals surface area contributed by atoms with E-state index in [1.165, 1.54) is 11.6 Å². The van der Waals surface area contributed by atoms with Gasteiger partial charge in [0.2, 0.25) is 0 Å². The molecule has 8 heteroatoms. The van der Waals surface area contributed by atoms with Gasteiger partial charge in [-0.05, 0) is 90.6 Å².